The van der Waals surface area contributed by atoms with Gasteiger partial charge in [0, 0.05) is 31.0 Å². The Morgan fingerprint density at radius 3 is 2.36 bits per heavy atom. The van der Waals surface area contributed by atoms with Gasteiger partial charge in [-0.3, -0.25) is 4.79 Å². The molecule has 144 valence electrons. The highest BCUT2D eigenvalue weighted by Gasteiger charge is 2.28. The van der Waals surface area contributed by atoms with Gasteiger partial charge in [0.15, 0.2) is 0 Å². The third-order valence-electron chi connectivity index (χ3n) is 5.74. The number of nitrogens with zero attached hydrogens (tertiary/aromatic N) is 3. The van der Waals surface area contributed by atoms with E-state index in [9.17, 15) is 4.79 Å². The molecule has 1 saturated heterocycles. The van der Waals surface area contributed by atoms with E-state index in [1.165, 1.54) is 22.5 Å². The highest BCUT2D eigenvalue weighted by molar-refractivity contribution is 5.79. The summed E-state index contributed by atoms with van der Waals surface area (Å²) in [5.41, 5.74) is 5.24. The van der Waals surface area contributed by atoms with Gasteiger partial charge in [-0.2, -0.15) is 5.26 Å². The molecule has 2 aliphatic heterocycles. The molecule has 2 aliphatic rings. The first kappa shape index (κ1) is 18.5. The number of benzene rings is 2. The topological polar surface area (TPSA) is 59.4 Å². The molecule has 1 atom stereocenters. The highest BCUT2D eigenvalue weighted by atomic mass is 16.2. The number of rotatable bonds is 5. The van der Waals surface area contributed by atoms with E-state index in [2.05, 4.69) is 64.8 Å². The van der Waals surface area contributed by atoms with Crippen LogP contribution >= 0.6 is 0 Å². The summed E-state index contributed by atoms with van der Waals surface area (Å²) in [5.74, 6) is 0.0284. The van der Waals surface area contributed by atoms with Crippen LogP contribution < -0.4 is 10.2 Å². The van der Waals surface area contributed by atoms with Gasteiger partial charge < -0.3 is 15.1 Å². The molecule has 2 heterocycles. The third-order valence-corrected chi connectivity index (χ3v) is 5.74. The number of fused-ring (bicyclic) bond motifs is 2. The van der Waals surface area contributed by atoms with Crippen molar-refractivity contribution in [3.8, 4) is 6.07 Å². The van der Waals surface area contributed by atoms with Crippen LogP contribution in [0.4, 0.5) is 11.4 Å². The number of para-hydroxylation sites is 2. The molecule has 0 radical (unpaired) electrons. The quantitative estimate of drug-likeness (QED) is 0.818. The van der Waals surface area contributed by atoms with Gasteiger partial charge in [-0.05, 0) is 48.9 Å². The van der Waals surface area contributed by atoms with Crippen LogP contribution in [0.2, 0.25) is 0 Å². The number of carbonyl (C=O) groups is 1. The zero-order chi connectivity index (χ0) is 19.3. The first-order valence-corrected chi connectivity index (χ1v) is 10.1. The molecule has 0 unspecified atom stereocenters. The van der Waals surface area contributed by atoms with Gasteiger partial charge in [0.05, 0.1) is 12.6 Å². The maximum absolute atomic E-state index is 12.4. The number of hydrogen-bond acceptors (Lipinski definition) is 4. The SMILES string of the molecule is N#C[C@@H]1CCCN1C(=O)CNCCN1c2ccccc2CCc2ccccc21. The van der Waals surface area contributed by atoms with Crippen molar-refractivity contribution in [2.45, 2.75) is 31.7 Å². The first-order valence-electron chi connectivity index (χ1n) is 10.1. The molecule has 0 bridgehead atoms. The fourth-order valence-corrected chi connectivity index (χ4v) is 4.30. The predicted octanol–water partition coefficient (Wildman–Crippen LogP) is 3.03. The van der Waals surface area contributed by atoms with Crippen LogP contribution in [0.25, 0.3) is 0 Å². The number of aryl methyl sites for hydroxylation is 2. The van der Waals surface area contributed by atoms with Gasteiger partial charge in [0.1, 0.15) is 6.04 Å². The van der Waals surface area contributed by atoms with Crippen molar-refractivity contribution in [3.63, 3.8) is 0 Å². The normalized spacial score (nSPS) is 18.2. The van der Waals surface area contributed by atoms with Crippen LogP contribution in [0.1, 0.15) is 24.0 Å². The number of amides is 1. The van der Waals surface area contributed by atoms with E-state index in [-0.39, 0.29) is 18.5 Å². The summed E-state index contributed by atoms with van der Waals surface area (Å²) >= 11 is 0. The summed E-state index contributed by atoms with van der Waals surface area (Å²) in [7, 11) is 0. The zero-order valence-corrected chi connectivity index (χ0v) is 16.1. The van der Waals surface area contributed by atoms with Crippen molar-refractivity contribution in [1.29, 1.82) is 5.26 Å². The van der Waals surface area contributed by atoms with E-state index in [1.54, 1.807) is 4.90 Å². The average Bonchev–Trinajstić information content (AvgIpc) is 3.16. The molecule has 1 amide bonds. The zero-order valence-electron chi connectivity index (χ0n) is 16.1. The van der Waals surface area contributed by atoms with Gasteiger partial charge in [0.2, 0.25) is 5.91 Å². The molecular weight excluding hydrogens is 348 g/mol. The molecule has 5 heteroatoms. The lowest BCUT2D eigenvalue weighted by molar-refractivity contribution is -0.130. The van der Waals surface area contributed by atoms with Crippen LogP contribution in [0.5, 0.6) is 0 Å². The van der Waals surface area contributed by atoms with E-state index >= 15 is 0 Å². The smallest absolute Gasteiger partial charge is 0.237 e. The summed E-state index contributed by atoms with van der Waals surface area (Å²) in [6, 6.07) is 19.2. The van der Waals surface area contributed by atoms with E-state index < -0.39 is 0 Å². The highest BCUT2D eigenvalue weighted by Crippen LogP contribution is 2.35. The Balaban J connectivity index is 1.42. The second-order valence-corrected chi connectivity index (χ2v) is 7.46. The van der Waals surface area contributed by atoms with Crippen LogP contribution in [0.3, 0.4) is 0 Å². The van der Waals surface area contributed by atoms with Crippen molar-refractivity contribution in [1.82, 2.24) is 10.2 Å². The average molecular weight is 374 g/mol. The summed E-state index contributed by atoms with van der Waals surface area (Å²) in [6.07, 6.45) is 3.80. The molecule has 28 heavy (non-hydrogen) atoms. The molecule has 1 N–H and O–H groups in total. The van der Waals surface area contributed by atoms with Gasteiger partial charge in [-0.1, -0.05) is 36.4 Å². The van der Waals surface area contributed by atoms with E-state index in [0.717, 1.165) is 32.2 Å². The number of nitrogens with one attached hydrogen (secondary N) is 1. The number of hydrogen-bond donors (Lipinski definition) is 1. The fraction of sp³-hybridized carbons (Fsp3) is 0.391. The summed E-state index contributed by atoms with van der Waals surface area (Å²) in [4.78, 5) is 16.5. The summed E-state index contributed by atoms with van der Waals surface area (Å²) in [5, 5.41) is 12.5. The molecule has 5 nitrogen and oxygen atoms in total. The van der Waals surface area contributed by atoms with Crippen LogP contribution in [-0.2, 0) is 17.6 Å². The lowest BCUT2D eigenvalue weighted by Gasteiger charge is -2.27. The lowest BCUT2D eigenvalue weighted by Crippen LogP contribution is -2.42. The Bertz CT molecular complexity index is 841. The van der Waals surface area contributed by atoms with E-state index in [4.69, 9.17) is 5.26 Å². The molecule has 1 fully saturated rings. The predicted molar refractivity (Wildman–Crippen MR) is 111 cm³/mol. The molecule has 2 aromatic rings. The lowest BCUT2D eigenvalue weighted by atomic mass is 10.0. The first-order chi connectivity index (χ1) is 13.8. The summed E-state index contributed by atoms with van der Waals surface area (Å²) < 4.78 is 0. The molecule has 0 saturated carbocycles. The maximum atomic E-state index is 12.4. The van der Waals surface area contributed by atoms with Crippen LogP contribution in [-0.4, -0.2) is 43.0 Å². The van der Waals surface area contributed by atoms with Gasteiger partial charge >= 0.3 is 0 Å². The Morgan fingerprint density at radius 1 is 1.07 bits per heavy atom. The molecule has 0 spiro atoms. The number of nitriles is 1. The van der Waals surface area contributed by atoms with Gasteiger partial charge in [-0.15, -0.1) is 0 Å². The second-order valence-electron chi connectivity index (χ2n) is 7.46. The van der Waals surface area contributed by atoms with E-state index in [0.29, 0.717) is 13.1 Å². The third kappa shape index (κ3) is 3.74. The largest absolute Gasteiger partial charge is 0.340 e. The maximum Gasteiger partial charge on any atom is 0.237 e. The second kappa shape index (κ2) is 8.45. The minimum atomic E-state index is -0.251. The van der Waals surface area contributed by atoms with E-state index in [1.807, 2.05) is 0 Å². The number of likely N-dealkylation sites (tertiary alicyclic amines) is 1. The molecule has 0 aliphatic carbocycles. The number of carbonyl (C=O) groups excluding carboxylic acids is 1. The van der Waals surface area contributed by atoms with Gasteiger partial charge in [-0.25, -0.2) is 0 Å². The Hall–Kier alpha value is -2.84. The fourth-order valence-electron chi connectivity index (χ4n) is 4.30. The molecule has 0 aromatic heterocycles. The van der Waals surface area contributed by atoms with Crippen molar-refractivity contribution < 1.29 is 4.79 Å². The van der Waals surface area contributed by atoms with Crippen molar-refractivity contribution in [2.75, 3.05) is 31.1 Å². The monoisotopic (exact) mass is 374 g/mol. The molecule has 4 rings (SSSR count). The summed E-state index contributed by atoms with van der Waals surface area (Å²) in [6.45, 7) is 2.49. The molecular formula is C23H26N4O. The van der Waals surface area contributed by atoms with Gasteiger partial charge in [0.25, 0.3) is 0 Å². The Labute approximate surface area is 166 Å². The molecule has 2 aromatic carbocycles. The van der Waals surface area contributed by atoms with Crippen LogP contribution in [0, 0.1) is 11.3 Å². The van der Waals surface area contributed by atoms with Crippen molar-refractivity contribution in [2.24, 2.45) is 0 Å². The minimum Gasteiger partial charge on any atom is -0.340 e. The minimum absolute atomic E-state index is 0.0284. The van der Waals surface area contributed by atoms with Crippen LogP contribution in [0.15, 0.2) is 48.5 Å². The standard InChI is InChI=1S/C23H26N4O/c24-16-20-8-5-14-26(20)23(28)17-25-13-15-27-21-9-3-1-6-18(21)11-12-19-7-2-4-10-22(19)27/h1-4,6-7,9-10,20,25H,5,8,11-15,17H2/t20-/m0/s1. The Morgan fingerprint density at radius 2 is 1.71 bits per heavy atom. The van der Waals surface area contributed by atoms with Crippen molar-refractivity contribution >= 4 is 17.3 Å². The number of anilines is 2. The van der Waals surface area contributed by atoms with Crippen molar-refractivity contribution in [3.05, 3.63) is 59.7 Å². The Kier molecular flexibility index (Phi) is 5.59.